The van der Waals surface area contributed by atoms with E-state index in [0.29, 0.717) is 12.5 Å². The van der Waals surface area contributed by atoms with Crippen molar-refractivity contribution in [3.8, 4) is 0 Å². The molecule has 0 aromatic rings. The van der Waals surface area contributed by atoms with E-state index in [4.69, 9.17) is 14.6 Å². The monoisotopic (exact) mass is 205 g/mol. The van der Waals surface area contributed by atoms with Gasteiger partial charge in [0.1, 0.15) is 0 Å². The third-order valence-corrected chi connectivity index (χ3v) is 2.20. The van der Waals surface area contributed by atoms with Gasteiger partial charge in [0, 0.05) is 27.4 Å². The van der Waals surface area contributed by atoms with Crippen molar-refractivity contribution in [1.29, 1.82) is 0 Å². The van der Waals surface area contributed by atoms with Crippen LogP contribution in [0, 0.1) is 5.92 Å². The van der Waals surface area contributed by atoms with Crippen LogP contribution in [0.3, 0.4) is 0 Å². The van der Waals surface area contributed by atoms with E-state index in [1.165, 1.54) is 0 Å². The molecule has 0 rings (SSSR count). The Kier molecular flexibility index (Phi) is 9.29. The molecule has 1 atom stereocenters. The molecule has 0 aliphatic heterocycles. The Bertz CT molecular complexity index is 118. The third kappa shape index (κ3) is 7.26. The molecular weight excluding hydrogens is 182 g/mol. The first-order valence-corrected chi connectivity index (χ1v) is 5.11. The first-order valence-electron chi connectivity index (χ1n) is 5.11. The lowest BCUT2D eigenvalue weighted by atomic mass is 10.1. The number of ether oxygens (including phenoxy) is 2. The predicted molar refractivity (Wildman–Crippen MR) is 56.2 cm³/mol. The number of aliphatic hydroxyl groups excluding tert-OH is 1. The van der Waals surface area contributed by atoms with Gasteiger partial charge < -0.3 is 19.9 Å². The summed E-state index contributed by atoms with van der Waals surface area (Å²) in [7, 11) is 3.26. The molecular formula is C10H23NO3. The van der Waals surface area contributed by atoms with E-state index < -0.39 is 0 Å². The maximum atomic E-state index is 8.80. The molecule has 0 saturated carbocycles. The molecule has 14 heavy (non-hydrogen) atoms. The quantitative estimate of drug-likeness (QED) is 0.427. The summed E-state index contributed by atoms with van der Waals surface area (Å²) >= 11 is 0. The average molecular weight is 205 g/mol. The van der Waals surface area contributed by atoms with E-state index in [9.17, 15) is 0 Å². The van der Waals surface area contributed by atoms with Gasteiger partial charge in [-0.25, -0.2) is 0 Å². The van der Waals surface area contributed by atoms with Crippen LogP contribution in [0.5, 0.6) is 0 Å². The van der Waals surface area contributed by atoms with Crippen LogP contribution < -0.4 is 5.32 Å². The van der Waals surface area contributed by atoms with E-state index >= 15 is 0 Å². The molecule has 0 amide bonds. The number of aliphatic hydroxyl groups is 1. The average Bonchev–Trinajstić information content (AvgIpc) is 2.23. The summed E-state index contributed by atoms with van der Waals surface area (Å²) in [6.07, 6.45) is 1.96. The van der Waals surface area contributed by atoms with E-state index in [1.807, 2.05) is 6.92 Å². The maximum Gasteiger partial charge on any atom is 0.169 e. The lowest BCUT2D eigenvalue weighted by molar-refractivity contribution is -0.0986. The van der Waals surface area contributed by atoms with Crippen LogP contribution in [-0.4, -0.2) is 45.3 Å². The van der Waals surface area contributed by atoms with Crippen molar-refractivity contribution < 1.29 is 14.6 Å². The Morgan fingerprint density at radius 2 is 1.93 bits per heavy atom. The largest absolute Gasteiger partial charge is 0.396 e. The van der Waals surface area contributed by atoms with Crippen LogP contribution in [0.4, 0.5) is 0 Å². The first-order chi connectivity index (χ1) is 6.74. The summed E-state index contributed by atoms with van der Waals surface area (Å²) in [4.78, 5) is 0. The predicted octanol–water partition coefficient (Wildman–Crippen LogP) is 0.603. The van der Waals surface area contributed by atoms with Crippen molar-refractivity contribution >= 4 is 0 Å². The van der Waals surface area contributed by atoms with Crippen molar-refractivity contribution in [2.45, 2.75) is 26.1 Å². The van der Waals surface area contributed by atoms with Crippen LogP contribution in [0.15, 0.2) is 0 Å². The number of nitrogens with one attached hydrogen (secondary N) is 1. The van der Waals surface area contributed by atoms with Gasteiger partial charge in [-0.1, -0.05) is 6.92 Å². The molecule has 4 heteroatoms. The summed E-state index contributed by atoms with van der Waals surface area (Å²) in [6.45, 7) is 3.97. The zero-order valence-electron chi connectivity index (χ0n) is 9.45. The molecule has 0 saturated heterocycles. The summed E-state index contributed by atoms with van der Waals surface area (Å²) in [6, 6.07) is 0. The Balaban J connectivity index is 3.20. The van der Waals surface area contributed by atoms with E-state index in [1.54, 1.807) is 14.2 Å². The fraction of sp³-hybridized carbons (Fsp3) is 1.00. The minimum absolute atomic E-state index is 0.162. The Morgan fingerprint density at radius 3 is 2.43 bits per heavy atom. The molecule has 0 aromatic heterocycles. The molecule has 1 unspecified atom stereocenters. The molecule has 4 nitrogen and oxygen atoms in total. The van der Waals surface area contributed by atoms with Crippen molar-refractivity contribution in [2.24, 2.45) is 5.92 Å². The Hall–Kier alpha value is -0.160. The molecule has 0 aliphatic rings. The second-order valence-electron chi connectivity index (χ2n) is 3.54. The first kappa shape index (κ1) is 13.8. The van der Waals surface area contributed by atoms with Crippen molar-refractivity contribution in [2.75, 3.05) is 33.9 Å². The number of hydrogen-bond acceptors (Lipinski definition) is 4. The maximum absolute atomic E-state index is 8.80. The Morgan fingerprint density at radius 1 is 1.29 bits per heavy atom. The molecule has 0 radical (unpaired) electrons. The lowest BCUT2D eigenvalue weighted by Gasteiger charge is -2.14. The fourth-order valence-corrected chi connectivity index (χ4v) is 1.15. The highest BCUT2D eigenvalue weighted by molar-refractivity contribution is 4.55. The van der Waals surface area contributed by atoms with Crippen LogP contribution in [0.2, 0.25) is 0 Å². The molecule has 86 valence electrons. The van der Waals surface area contributed by atoms with Gasteiger partial charge in [-0.3, -0.25) is 0 Å². The molecule has 0 aliphatic carbocycles. The minimum Gasteiger partial charge on any atom is -0.396 e. The fourth-order valence-electron chi connectivity index (χ4n) is 1.15. The SMILES string of the molecule is COC(CNCCCC(C)CO)OC. The normalized spacial score (nSPS) is 13.5. The Labute approximate surface area is 86.6 Å². The van der Waals surface area contributed by atoms with Gasteiger partial charge in [0.15, 0.2) is 6.29 Å². The highest BCUT2D eigenvalue weighted by Gasteiger charge is 2.03. The van der Waals surface area contributed by atoms with Gasteiger partial charge in [-0.2, -0.15) is 0 Å². The van der Waals surface area contributed by atoms with E-state index in [0.717, 1.165) is 19.4 Å². The molecule has 0 heterocycles. The third-order valence-electron chi connectivity index (χ3n) is 2.20. The minimum atomic E-state index is -0.162. The molecule has 0 fully saturated rings. The molecule has 2 N–H and O–H groups in total. The van der Waals surface area contributed by atoms with E-state index in [-0.39, 0.29) is 12.9 Å². The number of rotatable bonds is 9. The second-order valence-corrected chi connectivity index (χ2v) is 3.54. The van der Waals surface area contributed by atoms with Gasteiger partial charge in [0.25, 0.3) is 0 Å². The van der Waals surface area contributed by atoms with E-state index in [2.05, 4.69) is 5.32 Å². The number of methoxy groups -OCH3 is 2. The molecule has 0 aromatic carbocycles. The number of hydrogen-bond donors (Lipinski definition) is 2. The topological polar surface area (TPSA) is 50.7 Å². The summed E-state index contributed by atoms with van der Waals surface area (Å²) in [5.74, 6) is 0.400. The zero-order chi connectivity index (χ0) is 10.8. The standard InChI is InChI=1S/C10H23NO3/c1-9(8-12)5-4-6-11-7-10(13-2)14-3/h9-12H,4-8H2,1-3H3. The summed E-state index contributed by atoms with van der Waals surface area (Å²) in [5, 5.41) is 12.0. The van der Waals surface area contributed by atoms with Gasteiger partial charge in [-0.15, -0.1) is 0 Å². The highest BCUT2D eigenvalue weighted by Crippen LogP contribution is 2.02. The summed E-state index contributed by atoms with van der Waals surface area (Å²) in [5.41, 5.74) is 0. The molecule has 0 spiro atoms. The van der Waals surface area contributed by atoms with Gasteiger partial charge in [-0.05, 0) is 25.3 Å². The molecule has 0 bridgehead atoms. The van der Waals surface area contributed by atoms with Crippen LogP contribution in [0.25, 0.3) is 0 Å². The summed E-state index contributed by atoms with van der Waals surface area (Å²) < 4.78 is 10.0. The van der Waals surface area contributed by atoms with Crippen molar-refractivity contribution in [3.63, 3.8) is 0 Å². The van der Waals surface area contributed by atoms with Gasteiger partial charge in [0.2, 0.25) is 0 Å². The van der Waals surface area contributed by atoms with Crippen molar-refractivity contribution in [3.05, 3.63) is 0 Å². The second kappa shape index (κ2) is 9.40. The highest BCUT2D eigenvalue weighted by atomic mass is 16.7. The smallest absolute Gasteiger partial charge is 0.169 e. The van der Waals surface area contributed by atoms with Gasteiger partial charge in [0.05, 0.1) is 0 Å². The van der Waals surface area contributed by atoms with Crippen LogP contribution >= 0.6 is 0 Å². The van der Waals surface area contributed by atoms with Crippen molar-refractivity contribution in [1.82, 2.24) is 5.32 Å². The zero-order valence-corrected chi connectivity index (χ0v) is 9.45. The van der Waals surface area contributed by atoms with Crippen LogP contribution in [0.1, 0.15) is 19.8 Å². The lowest BCUT2D eigenvalue weighted by Crippen LogP contribution is -2.30. The van der Waals surface area contributed by atoms with Crippen LogP contribution in [-0.2, 0) is 9.47 Å². The van der Waals surface area contributed by atoms with Gasteiger partial charge >= 0.3 is 0 Å².